The van der Waals surface area contributed by atoms with Gasteiger partial charge >= 0.3 is 0 Å². The number of benzene rings is 1. The minimum absolute atomic E-state index is 0.0494. The zero-order valence-corrected chi connectivity index (χ0v) is 15.7. The highest BCUT2D eigenvalue weighted by molar-refractivity contribution is 5.92. The van der Waals surface area contributed by atoms with Crippen LogP contribution in [0.3, 0.4) is 0 Å². The molecular weight excluding hydrogens is 372 g/mol. The van der Waals surface area contributed by atoms with Gasteiger partial charge < -0.3 is 14.8 Å². The molecule has 29 heavy (non-hydrogen) atoms. The van der Waals surface area contributed by atoms with E-state index in [4.69, 9.17) is 9.47 Å². The first kappa shape index (κ1) is 17.6. The monoisotopic (exact) mass is 392 g/mol. The van der Waals surface area contributed by atoms with E-state index in [0.717, 1.165) is 31.2 Å². The van der Waals surface area contributed by atoms with Crippen molar-refractivity contribution in [3.63, 3.8) is 0 Å². The van der Waals surface area contributed by atoms with Crippen LogP contribution in [0.2, 0.25) is 0 Å². The summed E-state index contributed by atoms with van der Waals surface area (Å²) in [6.07, 6.45) is 5.47. The molecule has 9 nitrogen and oxygen atoms in total. The number of ether oxygens (including phenoxy) is 2. The third-order valence-electron chi connectivity index (χ3n) is 5.30. The number of nitrogens with one attached hydrogen (secondary N) is 1. The fourth-order valence-electron chi connectivity index (χ4n) is 3.81. The molecule has 1 aliphatic carbocycles. The van der Waals surface area contributed by atoms with Crippen molar-refractivity contribution in [3.8, 4) is 22.9 Å². The van der Waals surface area contributed by atoms with Crippen molar-refractivity contribution in [2.24, 2.45) is 0 Å². The maximum atomic E-state index is 12.6. The molecule has 1 N–H and O–H groups in total. The predicted octanol–water partition coefficient (Wildman–Crippen LogP) is 2.38. The van der Waals surface area contributed by atoms with E-state index in [1.807, 2.05) is 18.2 Å². The number of tetrazole rings is 1. The van der Waals surface area contributed by atoms with Crippen LogP contribution in [-0.2, 0) is 0 Å². The molecule has 5 rings (SSSR count). The Kier molecular flexibility index (Phi) is 4.55. The van der Waals surface area contributed by atoms with Crippen molar-refractivity contribution in [1.82, 2.24) is 30.5 Å². The summed E-state index contributed by atoms with van der Waals surface area (Å²) in [5.41, 5.74) is 1.22. The zero-order valence-electron chi connectivity index (χ0n) is 15.7. The molecule has 0 saturated heterocycles. The molecule has 0 unspecified atom stereocenters. The van der Waals surface area contributed by atoms with Crippen LogP contribution in [0.25, 0.3) is 11.4 Å². The van der Waals surface area contributed by atoms with E-state index in [1.165, 1.54) is 0 Å². The molecule has 2 aliphatic rings. The van der Waals surface area contributed by atoms with Crippen molar-refractivity contribution in [3.05, 3.63) is 48.3 Å². The number of hydrogen-bond acceptors (Lipinski definition) is 7. The van der Waals surface area contributed by atoms with Gasteiger partial charge in [0.2, 0.25) is 12.6 Å². The number of amides is 1. The second-order valence-corrected chi connectivity index (χ2v) is 7.15. The molecule has 1 saturated carbocycles. The van der Waals surface area contributed by atoms with Gasteiger partial charge in [-0.3, -0.25) is 9.78 Å². The van der Waals surface area contributed by atoms with Crippen LogP contribution < -0.4 is 14.8 Å². The number of pyridine rings is 1. The van der Waals surface area contributed by atoms with Crippen molar-refractivity contribution < 1.29 is 14.3 Å². The summed E-state index contributed by atoms with van der Waals surface area (Å²) in [4.78, 5) is 18.3. The van der Waals surface area contributed by atoms with Crippen LogP contribution >= 0.6 is 0 Å². The van der Waals surface area contributed by atoms with E-state index in [-0.39, 0.29) is 24.8 Å². The third kappa shape index (κ3) is 3.51. The number of hydrogen-bond donors (Lipinski definition) is 1. The van der Waals surface area contributed by atoms with Crippen LogP contribution in [0, 0.1) is 0 Å². The van der Waals surface area contributed by atoms with Gasteiger partial charge in [0.05, 0.1) is 12.1 Å². The number of fused-ring (bicyclic) bond motifs is 1. The first-order chi connectivity index (χ1) is 14.3. The highest BCUT2D eigenvalue weighted by Gasteiger charge is 2.30. The Morgan fingerprint density at radius 1 is 1.10 bits per heavy atom. The van der Waals surface area contributed by atoms with Gasteiger partial charge in [0.25, 0.3) is 5.91 Å². The maximum Gasteiger partial charge on any atom is 0.270 e. The largest absolute Gasteiger partial charge is 0.454 e. The standard InChI is InChI=1S/C20H20N6O3/c27-20(15-6-3-4-10-21-15)22-14-5-1-2-7-16(14)26-24-19(23-25-26)13-8-9-17-18(11-13)29-12-28-17/h3-4,6,8-11,14,16H,1-2,5,7,12H2,(H,22,27)/t14-,16-/m0/s1. The molecule has 148 valence electrons. The Balaban J connectivity index is 1.35. The lowest BCUT2D eigenvalue weighted by Gasteiger charge is -2.30. The maximum absolute atomic E-state index is 12.6. The fourth-order valence-corrected chi connectivity index (χ4v) is 3.81. The molecule has 0 spiro atoms. The number of carbonyl (C=O) groups excluding carboxylic acids is 1. The third-order valence-corrected chi connectivity index (χ3v) is 5.30. The van der Waals surface area contributed by atoms with Gasteiger partial charge in [0, 0.05) is 11.8 Å². The Morgan fingerprint density at radius 3 is 2.90 bits per heavy atom. The van der Waals surface area contributed by atoms with Crippen molar-refractivity contribution in [1.29, 1.82) is 0 Å². The summed E-state index contributed by atoms with van der Waals surface area (Å²) in [6, 6.07) is 10.8. The van der Waals surface area contributed by atoms with Crippen LogP contribution in [0.1, 0.15) is 42.2 Å². The molecule has 0 bridgehead atoms. The summed E-state index contributed by atoms with van der Waals surface area (Å²) < 4.78 is 10.8. The Morgan fingerprint density at radius 2 is 2.00 bits per heavy atom. The van der Waals surface area contributed by atoms with Gasteiger partial charge in [0.1, 0.15) is 5.69 Å². The van der Waals surface area contributed by atoms with Crippen LogP contribution in [0.4, 0.5) is 0 Å². The summed E-state index contributed by atoms with van der Waals surface area (Å²) in [5.74, 6) is 1.73. The molecule has 2 aromatic heterocycles. The Labute approximate surface area is 167 Å². The van der Waals surface area contributed by atoms with E-state index in [2.05, 4.69) is 25.7 Å². The molecule has 3 aromatic rings. The highest BCUT2D eigenvalue weighted by atomic mass is 16.7. The van der Waals surface area contributed by atoms with Gasteiger partial charge in [-0.15, -0.1) is 10.2 Å². The molecule has 2 atom stereocenters. The van der Waals surface area contributed by atoms with Gasteiger partial charge in [-0.25, -0.2) is 0 Å². The van der Waals surface area contributed by atoms with E-state index in [1.54, 1.807) is 29.2 Å². The van der Waals surface area contributed by atoms with Gasteiger partial charge in [0.15, 0.2) is 11.5 Å². The van der Waals surface area contributed by atoms with Crippen LogP contribution in [-0.4, -0.2) is 43.9 Å². The van der Waals surface area contributed by atoms with E-state index < -0.39 is 0 Å². The summed E-state index contributed by atoms with van der Waals surface area (Å²) >= 11 is 0. The van der Waals surface area contributed by atoms with Crippen molar-refractivity contribution in [2.75, 3.05) is 6.79 Å². The van der Waals surface area contributed by atoms with Crippen LogP contribution in [0.15, 0.2) is 42.6 Å². The number of rotatable bonds is 4. The normalized spacial score (nSPS) is 20.4. The smallest absolute Gasteiger partial charge is 0.270 e. The average Bonchev–Trinajstić information content (AvgIpc) is 3.44. The average molecular weight is 392 g/mol. The molecule has 1 aliphatic heterocycles. The Hall–Kier alpha value is -3.49. The molecular formula is C20H20N6O3. The second kappa shape index (κ2) is 7.50. The predicted molar refractivity (Wildman–Crippen MR) is 102 cm³/mol. The van der Waals surface area contributed by atoms with E-state index in [0.29, 0.717) is 23.0 Å². The lowest BCUT2D eigenvalue weighted by Crippen LogP contribution is -2.44. The SMILES string of the molecule is O=C(N[C@H]1CCCC[C@@H]1n1nnc(-c2ccc3c(c2)OCO3)n1)c1ccccn1. The van der Waals surface area contributed by atoms with Gasteiger partial charge in [-0.05, 0) is 48.4 Å². The van der Waals surface area contributed by atoms with E-state index >= 15 is 0 Å². The minimum atomic E-state index is -0.182. The lowest BCUT2D eigenvalue weighted by molar-refractivity contribution is 0.0895. The highest BCUT2D eigenvalue weighted by Crippen LogP contribution is 2.35. The quantitative estimate of drug-likeness (QED) is 0.727. The summed E-state index contributed by atoms with van der Waals surface area (Å²) in [5, 5.41) is 16.2. The van der Waals surface area contributed by atoms with Crippen molar-refractivity contribution in [2.45, 2.75) is 37.8 Å². The number of carbonyl (C=O) groups is 1. The topological polar surface area (TPSA) is 104 Å². The molecule has 1 amide bonds. The molecule has 3 heterocycles. The fraction of sp³-hybridized carbons (Fsp3) is 0.350. The molecule has 9 heteroatoms. The molecule has 0 radical (unpaired) electrons. The number of nitrogens with zero attached hydrogens (tertiary/aromatic N) is 5. The lowest BCUT2D eigenvalue weighted by atomic mass is 9.90. The zero-order chi connectivity index (χ0) is 19.6. The first-order valence-corrected chi connectivity index (χ1v) is 9.69. The van der Waals surface area contributed by atoms with Crippen LogP contribution in [0.5, 0.6) is 11.5 Å². The van der Waals surface area contributed by atoms with E-state index in [9.17, 15) is 4.79 Å². The molecule has 1 fully saturated rings. The van der Waals surface area contributed by atoms with Crippen molar-refractivity contribution >= 4 is 5.91 Å². The van der Waals surface area contributed by atoms with Gasteiger partial charge in [-0.1, -0.05) is 18.9 Å². The summed E-state index contributed by atoms with van der Waals surface area (Å²) in [6.45, 7) is 0.221. The Bertz CT molecular complexity index is 1020. The first-order valence-electron chi connectivity index (χ1n) is 9.69. The summed E-state index contributed by atoms with van der Waals surface area (Å²) in [7, 11) is 0. The molecule has 1 aromatic carbocycles. The second-order valence-electron chi connectivity index (χ2n) is 7.15. The number of aromatic nitrogens is 5. The minimum Gasteiger partial charge on any atom is -0.454 e. The van der Waals surface area contributed by atoms with Gasteiger partial charge in [-0.2, -0.15) is 4.80 Å².